The van der Waals surface area contributed by atoms with Gasteiger partial charge in [-0.3, -0.25) is 4.79 Å². The van der Waals surface area contributed by atoms with Crippen LogP contribution in [0.25, 0.3) is 0 Å². The molecule has 20 heavy (non-hydrogen) atoms. The summed E-state index contributed by atoms with van der Waals surface area (Å²) >= 11 is 3.49. The quantitative estimate of drug-likeness (QED) is 0.808. The zero-order valence-corrected chi connectivity index (χ0v) is 12.9. The van der Waals surface area contributed by atoms with Crippen molar-refractivity contribution < 1.29 is 4.79 Å². The van der Waals surface area contributed by atoms with E-state index in [-0.39, 0.29) is 11.9 Å². The maximum atomic E-state index is 12.6. The molecule has 1 aliphatic rings. The number of hydrogen-bond acceptors (Lipinski definition) is 1. The molecule has 1 aliphatic heterocycles. The van der Waals surface area contributed by atoms with Gasteiger partial charge in [-0.15, -0.1) is 0 Å². The number of halogens is 1. The highest BCUT2D eigenvalue weighted by Crippen LogP contribution is 2.28. The highest BCUT2D eigenvalue weighted by Gasteiger charge is 2.28. The molecule has 0 saturated carbocycles. The Morgan fingerprint density at radius 3 is 2.75 bits per heavy atom. The summed E-state index contributed by atoms with van der Waals surface area (Å²) in [5.74, 6) is 0.138. The van der Waals surface area contributed by atoms with Gasteiger partial charge in [-0.05, 0) is 42.7 Å². The van der Waals surface area contributed by atoms with Crippen molar-refractivity contribution in [3.05, 3.63) is 69.7 Å². The number of benzene rings is 2. The highest BCUT2D eigenvalue weighted by molar-refractivity contribution is 9.10. The number of amides is 1. The predicted octanol–water partition coefficient (Wildman–Crippen LogP) is 4.21. The molecule has 0 aliphatic carbocycles. The molecule has 1 atom stereocenters. The van der Waals surface area contributed by atoms with Crippen LogP contribution in [0.2, 0.25) is 0 Å². The van der Waals surface area contributed by atoms with Gasteiger partial charge in [0.05, 0.1) is 6.04 Å². The molecule has 0 spiro atoms. The molecule has 1 unspecified atom stereocenters. The monoisotopic (exact) mass is 329 g/mol. The Kier molecular flexibility index (Phi) is 3.62. The van der Waals surface area contributed by atoms with E-state index in [2.05, 4.69) is 35.0 Å². The minimum Gasteiger partial charge on any atom is -0.332 e. The molecule has 3 heteroatoms. The van der Waals surface area contributed by atoms with E-state index in [4.69, 9.17) is 0 Å². The molecule has 0 radical (unpaired) electrons. The first-order valence-corrected chi connectivity index (χ1v) is 7.60. The van der Waals surface area contributed by atoms with Crippen molar-refractivity contribution in [1.82, 2.24) is 4.90 Å². The zero-order valence-electron chi connectivity index (χ0n) is 11.3. The minimum absolute atomic E-state index is 0.0911. The van der Waals surface area contributed by atoms with Gasteiger partial charge in [0.15, 0.2) is 0 Å². The van der Waals surface area contributed by atoms with Crippen molar-refractivity contribution in [1.29, 1.82) is 0 Å². The molecule has 2 nitrogen and oxygen atoms in total. The average Bonchev–Trinajstić information content (AvgIpc) is 2.47. The molecule has 3 rings (SSSR count). The first-order chi connectivity index (χ1) is 9.66. The Morgan fingerprint density at radius 1 is 1.15 bits per heavy atom. The average molecular weight is 330 g/mol. The van der Waals surface area contributed by atoms with E-state index in [1.165, 1.54) is 0 Å². The van der Waals surface area contributed by atoms with Gasteiger partial charge in [-0.2, -0.15) is 0 Å². The van der Waals surface area contributed by atoms with Gasteiger partial charge >= 0.3 is 0 Å². The molecule has 1 amide bonds. The zero-order chi connectivity index (χ0) is 14.1. The number of fused-ring (bicyclic) bond motifs is 1. The summed E-state index contributed by atoms with van der Waals surface area (Å²) in [6.45, 7) is 2.87. The summed E-state index contributed by atoms with van der Waals surface area (Å²) in [6.07, 6.45) is 0.931. The van der Waals surface area contributed by atoms with Gasteiger partial charge in [0, 0.05) is 16.6 Å². The number of nitrogens with zero attached hydrogens (tertiary/aromatic N) is 1. The third-order valence-electron chi connectivity index (χ3n) is 3.93. The second-order valence-corrected chi connectivity index (χ2v) is 6.05. The SMILES string of the molecule is CC(c1cccc(Br)c1)N1CCc2ccccc2C1=O. The third kappa shape index (κ3) is 2.38. The summed E-state index contributed by atoms with van der Waals surface area (Å²) in [4.78, 5) is 14.6. The van der Waals surface area contributed by atoms with Crippen LogP contribution in [0, 0.1) is 0 Å². The normalized spacial score (nSPS) is 15.9. The molecule has 2 aromatic carbocycles. The van der Waals surface area contributed by atoms with Crippen molar-refractivity contribution in [2.45, 2.75) is 19.4 Å². The molecule has 0 saturated heterocycles. The van der Waals surface area contributed by atoms with Crippen LogP contribution in [-0.4, -0.2) is 17.4 Å². The standard InChI is InChI=1S/C17H16BrNO/c1-12(14-6-4-7-15(18)11-14)19-10-9-13-5-2-3-8-16(13)17(19)20/h2-8,11-12H,9-10H2,1H3. The summed E-state index contributed by atoms with van der Waals surface area (Å²) in [5.41, 5.74) is 3.17. The fourth-order valence-corrected chi connectivity index (χ4v) is 3.18. The van der Waals surface area contributed by atoms with Crippen LogP contribution in [0.4, 0.5) is 0 Å². The lowest BCUT2D eigenvalue weighted by atomic mass is 9.96. The van der Waals surface area contributed by atoms with E-state index >= 15 is 0 Å². The fraction of sp³-hybridized carbons (Fsp3) is 0.235. The largest absolute Gasteiger partial charge is 0.332 e. The van der Waals surface area contributed by atoms with E-state index in [0.29, 0.717) is 0 Å². The molecule has 0 N–H and O–H groups in total. The number of carbonyl (C=O) groups is 1. The molecule has 0 aromatic heterocycles. The van der Waals surface area contributed by atoms with Gasteiger partial charge in [-0.25, -0.2) is 0 Å². The smallest absolute Gasteiger partial charge is 0.254 e. The van der Waals surface area contributed by atoms with E-state index < -0.39 is 0 Å². The van der Waals surface area contributed by atoms with E-state index in [9.17, 15) is 4.79 Å². The van der Waals surface area contributed by atoms with E-state index in [0.717, 1.165) is 34.1 Å². The minimum atomic E-state index is 0.0911. The number of carbonyl (C=O) groups excluding carboxylic acids is 1. The molecule has 0 fully saturated rings. The maximum Gasteiger partial charge on any atom is 0.254 e. The lowest BCUT2D eigenvalue weighted by Crippen LogP contribution is -2.39. The van der Waals surface area contributed by atoms with Crippen molar-refractivity contribution in [2.75, 3.05) is 6.54 Å². The Hall–Kier alpha value is -1.61. The summed E-state index contributed by atoms with van der Waals surface area (Å²) in [6, 6.07) is 16.2. The summed E-state index contributed by atoms with van der Waals surface area (Å²) in [5, 5.41) is 0. The van der Waals surface area contributed by atoms with Crippen molar-refractivity contribution in [3.8, 4) is 0 Å². The summed E-state index contributed by atoms with van der Waals surface area (Å²) in [7, 11) is 0. The van der Waals surface area contributed by atoms with Gasteiger partial charge in [-0.1, -0.05) is 46.3 Å². The first-order valence-electron chi connectivity index (χ1n) is 6.81. The van der Waals surface area contributed by atoms with E-state index in [1.807, 2.05) is 41.3 Å². The topological polar surface area (TPSA) is 20.3 Å². The van der Waals surface area contributed by atoms with Gasteiger partial charge in [0.1, 0.15) is 0 Å². The van der Waals surface area contributed by atoms with Crippen LogP contribution < -0.4 is 0 Å². The van der Waals surface area contributed by atoms with Crippen LogP contribution >= 0.6 is 15.9 Å². The molecule has 0 bridgehead atoms. The van der Waals surface area contributed by atoms with Gasteiger partial charge < -0.3 is 4.90 Å². The molecule has 102 valence electrons. The Bertz CT molecular complexity index is 653. The number of hydrogen-bond donors (Lipinski definition) is 0. The molecular weight excluding hydrogens is 314 g/mol. The lowest BCUT2D eigenvalue weighted by molar-refractivity contribution is 0.0673. The van der Waals surface area contributed by atoms with Gasteiger partial charge in [0.2, 0.25) is 0 Å². The van der Waals surface area contributed by atoms with Gasteiger partial charge in [0.25, 0.3) is 5.91 Å². The second kappa shape index (κ2) is 5.41. The Labute approximate surface area is 127 Å². The third-order valence-corrected chi connectivity index (χ3v) is 4.42. The molecule has 1 heterocycles. The van der Waals surface area contributed by atoms with Crippen molar-refractivity contribution in [3.63, 3.8) is 0 Å². The molecular formula is C17H16BrNO. The lowest BCUT2D eigenvalue weighted by Gasteiger charge is -2.34. The molecule has 2 aromatic rings. The summed E-state index contributed by atoms with van der Waals surface area (Å²) < 4.78 is 1.05. The van der Waals surface area contributed by atoms with Crippen LogP contribution in [0.1, 0.15) is 34.5 Å². The maximum absolute atomic E-state index is 12.6. The van der Waals surface area contributed by atoms with E-state index in [1.54, 1.807) is 0 Å². The fourth-order valence-electron chi connectivity index (χ4n) is 2.76. The van der Waals surface area contributed by atoms with Crippen LogP contribution in [-0.2, 0) is 6.42 Å². The Balaban J connectivity index is 1.91. The van der Waals surface area contributed by atoms with Crippen LogP contribution in [0.3, 0.4) is 0 Å². The first kappa shape index (κ1) is 13.4. The van der Waals surface area contributed by atoms with Crippen LogP contribution in [0.15, 0.2) is 53.0 Å². The number of rotatable bonds is 2. The van der Waals surface area contributed by atoms with Crippen LogP contribution in [0.5, 0.6) is 0 Å². The highest BCUT2D eigenvalue weighted by atomic mass is 79.9. The van der Waals surface area contributed by atoms with Crippen molar-refractivity contribution >= 4 is 21.8 Å². The van der Waals surface area contributed by atoms with Crippen molar-refractivity contribution in [2.24, 2.45) is 0 Å². The second-order valence-electron chi connectivity index (χ2n) is 5.14. The predicted molar refractivity (Wildman–Crippen MR) is 83.7 cm³/mol. The Morgan fingerprint density at radius 2 is 1.95 bits per heavy atom.